The molecule has 1 aliphatic carbocycles. The summed E-state index contributed by atoms with van der Waals surface area (Å²) in [5.74, 6) is -0.0581. The lowest BCUT2D eigenvalue weighted by Gasteiger charge is -2.38. The van der Waals surface area contributed by atoms with Gasteiger partial charge in [0, 0.05) is 11.2 Å². The molecule has 0 bridgehead atoms. The lowest BCUT2D eigenvalue weighted by molar-refractivity contribution is -0.118. The standard InChI is InChI=1S/C17H26N2O2/c1-13-6-8-15(9-7-13)18-16(21)14(2)19-17(12-20)10-4-3-5-11-17/h6-9,14,19-20H,3-5,10-12H2,1-2H3,(H,18,21). The third-order valence-corrected chi connectivity index (χ3v) is 4.35. The van der Waals surface area contributed by atoms with Gasteiger partial charge < -0.3 is 10.4 Å². The molecule has 0 spiro atoms. The number of aliphatic hydroxyl groups excluding tert-OH is 1. The van der Waals surface area contributed by atoms with Crippen LogP contribution >= 0.6 is 0 Å². The Kier molecular flexibility index (Phi) is 5.37. The number of anilines is 1. The van der Waals surface area contributed by atoms with Crippen LogP contribution in [0, 0.1) is 6.92 Å². The predicted molar refractivity (Wildman–Crippen MR) is 85.3 cm³/mol. The molecule has 4 nitrogen and oxygen atoms in total. The summed E-state index contributed by atoms with van der Waals surface area (Å²) in [4.78, 5) is 12.3. The van der Waals surface area contributed by atoms with Gasteiger partial charge in [-0.2, -0.15) is 0 Å². The average molecular weight is 290 g/mol. The fourth-order valence-corrected chi connectivity index (χ4v) is 2.99. The van der Waals surface area contributed by atoms with Crippen molar-refractivity contribution in [1.29, 1.82) is 0 Å². The van der Waals surface area contributed by atoms with Crippen LogP contribution in [0.1, 0.15) is 44.6 Å². The SMILES string of the molecule is Cc1ccc(NC(=O)C(C)NC2(CO)CCCCC2)cc1. The normalized spacial score (nSPS) is 19.0. The molecule has 0 aliphatic heterocycles. The van der Waals surface area contributed by atoms with Gasteiger partial charge in [-0.05, 0) is 38.8 Å². The Balaban J connectivity index is 1.93. The van der Waals surface area contributed by atoms with E-state index in [1.54, 1.807) is 0 Å². The Morgan fingerprint density at radius 2 is 1.86 bits per heavy atom. The highest BCUT2D eigenvalue weighted by atomic mass is 16.3. The summed E-state index contributed by atoms with van der Waals surface area (Å²) < 4.78 is 0. The Bertz CT molecular complexity index is 464. The maximum Gasteiger partial charge on any atom is 0.241 e. The zero-order chi connectivity index (χ0) is 15.3. The van der Waals surface area contributed by atoms with Crippen molar-refractivity contribution in [2.24, 2.45) is 0 Å². The molecule has 0 aromatic heterocycles. The zero-order valence-electron chi connectivity index (χ0n) is 13.0. The molecule has 1 fully saturated rings. The average Bonchev–Trinajstić information content (AvgIpc) is 2.50. The summed E-state index contributed by atoms with van der Waals surface area (Å²) in [6, 6.07) is 7.44. The van der Waals surface area contributed by atoms with Crippen molar-refractivity contribution in [3.63, 3.8) is 0 Å². The van der Waals surface area contributed by atoms with E-state index in [4.69, 9.17) is 0 Å². The van der Waals surface area contributed by atoms with E-state index < -0.39 is 0 Å². The first-order chi connectivity index (χ1) is 10.0. The van der Waals surface area contributed by atoms with Gasteiger partial charge in [-0.15, -0.1) is 0 Å². The molecular weight excluding hydrogens is 264 g/mol. The van der Waals surface area contributed by atoms with Gasteiger partial charge in [0.2, 0.25) is 5.91 Å². The Hall–Kier alpha value is -1.39. The zero-order valence-corrected chi connectivity index (χ0v) is 13.0. The minimum absolute atomic E-state index is 0.0581. The minimum atomic E-state index is -0.323. The van der Waals surface area contributed by atoms with E-state index in [1.807, 2.05) is 38.1 Å². The highest BCUT2D eigenvalue weighted by Gasteiger charge is 2.33. The van der Waals surface area contributed by atoms with Crippen molar-refractivity contribution in [1.82, 2.24) is 5.32 Å². The first-order valence-corrected chi connectivity index (χ1v) is 7.81. The molecule has 116 valence electrons. The van der Waals surface area contributed by atoms with Crippen LogP contribution in [0.4, 0.5) is 5.69 Å². The largest absolute Gasteiger partial charge is 0.394 e. The summed E-state index contributed by atoms with van der Waals surface area (Å²) >= 11 is 0. The fourth-order valence-electron chi connectivity index (χ4n) is 2.99. The maximum absolute atomic E-state index is 12.3. The van der Waals surface area contributed by atoms with Crippen molar-refractivity contribution >= 4 is 11.6 Å². The summed E-state index contributed by atoms with van der Waals surface area (Å²) in [6.07, 6.45) is 5.31. The van der Waals surface area contributed by atoms with Crippen molar-refractivity contribution < 1.29 is 9.90 Å². The number of hydrogen-bond donors (Lipinski definition) is 3. The topological polar surface area (TPSA) is 61.4 Å². The molecule has 1 unspecified atom stereocenters. The molecule has 3 N–H and O–H groups in total. The second kappa shape index (κ2) is 7.05. The van der Waals surface area contributed by atoms with E-state index in [0.717, 1.165) is 31.4 Å². The summed E-state index contributed by atoms with van der Waals surface area (Å²) in [5, 5.41) is 16.0. The number of carbonyl (C=O) groups excluding carboxylic acids is 1. The van der Waals surface area contributed by atoms with Gasteiger partial charge in [0.25, 0.3) is 0 Å². The molecule has 0 heterocycles. The number of carbonyl (C=O) groups is 1. The number of rotatable bonds is 5. The lowest BCUT2D eigenvalue weighted by Crippen LogP contribution is -2.56. The Morgan fingerprint density at radius 1 is 1.24 bits per heavy atom. The highest BCUT2D eigenvalue weighted by Crippen LogP contribution is 2.28. The number of aryl methyl sites for hydroxylation is 1. The summed E-state index contributed by atoms with van der Waals surface area (Å²) in [5.41, 5.74) is 1.68. The van der Waals surface area contributed by atoms with Gasteiger partial charge >= 0.3 is 0 Å². The number of aliphatic hydroxyl groups is 1. The molecular formula is C17H26N2O2. The van der Waals surface area contributed by atoms with Crippen LogP contribution in [0.5, 0.6) is 0 Å². The molecule has 1 aliphatic rings. The summed E-state index contributed by atoms with van der Waals surface area (Å²) in [7, 11) is 0. The van der Waals surface area contributed by atoms with Crippen LogP contribution in [0.2, 0.25) is 0 Å². The summed E-state index contributed by atoms with van der Waals surface area (Å²) in [6.45, 7) is 3.97. The van der Waals surface area contributed by atoms with Crippen LogP contribution in [-0.2, 0) is 4.79 Å². The van der Waals surface area contributed by atoms with Crippen molar-refractivity contribution in [3.05, 3.63) is 29.8 Å². The number of amides is 1. The molecule has 21 heavy (non-hydrogen) atoms. The first-order valence-electron chi connectivity index (χ1n) is 7.81. The quantitative estimate of drug-likeness (QED) is 0.781. The third kappa shape index (κ3) is 4.29. The van der Waals surface area contributed by atoms with Gasteiger partial charge in [-0.3, -0.25) is 10.1 Å². The van der Waals surface area contributed by atoms with Gasteiger partial charge in [0.05, 0.1) is 12.6 Å². The molecule has 4 heteroatoms. The molecule has 0 radical (unpaired) electrons. The lowest BCUT2D eigenvalue weighted by atomic mass is 9.82. The minimum Gasteiger partial charge on any atom is -0.394 e. The molecule has 1 aromatic carbocycles. The van der Waals surface area contributed by atoms with E-state index in [2.05, 4.69) is 10.6 Å². The Labute approximate surface area is 126 Å². The van der Waals surface area contributed by atoms with Crippen LogP contribution in [0.25, 0.3) is 0 Å². The predicted octanol–water partition coefficient (Wildman–Crippen LogP) is 2.61. The van der Waals surface area contributed by atoms with Crippen molar-refractivity contribution in [3.8, 4) is 0 Å². The monoisotopic (exact) mass is 290 g/mol. The van der Waals surface area contributed by atoms with E-state index in [9.17, 15) is 9.90 Å². The molecule has 1 atom stereocenters. The van der Waals surface area contributed by atoms with Crippen LogP contribution in [0.3, 0.4) is 0 Å². The first kappa shape index (κ1) is 16.0. The number of benzene rings is 1. The molecule has 0 saturated heterocycles. The van der Waals surface area contributed by atoms with E-state index in [0.29, 0.717) is 0 Å². The second-order valence-electron chi connectivity index (χ2n) is 6.22. The highest BCUT2D eigenvalue weighted by molar-refractivity contribution is 5.94. The second-order valence-corrected chi connectivity index (χ2v) is 6.22. The molecule has 2 rings (SSSR count). The fraction of sp³-hybridized carbons (Fsp3) is 0.588. The van der Waals surface area contributed by atoms with Gasteiger partial charge in [-0.1, -0.05) is 37.0 Å². The van der Waals surface area contributed by atoms with Crippen molar-refractivity contribution in [2.45, 2.75) is 57.5 Å². The maximum atomic E-state index is 12.3. The van der Waals surface area contributed by atoms with Crippen LogP contribution in [-0.4, -0.2) is 29.2 Å². The molecule has 1 aromatic rings. The third-order valence-electron chi connectivity index (χ3n) is 4.35. The number of nitrogens with one attached hydrogen (secondary N) is 2. The van der Waals surface area contributed by atoms with Gasteiger partial charge in [0.1, 0.15) is 0 Å². The van der Waals surface area contributed by atoms with E-state index in [-0.39, 0.29) is 24.1 Å². The van der Waals surface area contributed by atoms with Crippen LogP contribution in [0.15, 0.2) is 24.3 Å². The van der Waals surface area contributed by atoms with E-state index >= 15 is 0 Å². The number of hydrogen-bond acceptors (Lipinski definition) is 3. The smallest absolute Gasteiger partial charge is 0.241 e. The van der Waals surface area contributed by atoms with Gasteiger partial charge in [0.15, 0.2) is 0 Å². The van der Waals surface area contributed by atoms with Gasteiger partial charge in [-0.25, -0.2) is 0 Å². The molecule has 1 amide bonds. The van der Waals surface area contributed by atoms with E-state index in [1.165, 1.54) is 12.0 Å². The van der Waals surface area contributed by atoms with Crippen molar-refractivity contribution in [2.75, 3.05) is 11.9 Å². The Morgan fingerprint density at radius 3 is 2.43 bits per heavy atom. The molecule has 1 saturated carbocycles. The van der Waals surface area contributed by atoms with Crippen LogP contribution < -0.4 is 10.6 Å².